The summed E-state index contributed by atoms with van der Waals surface area (Å²) in [5, 5.41) is 0.882. The molecule has 112 valence electrons. The SMILES string of the molecule is FC(F)(F)c1ccc(Br)c(C(Br)c2cc(Cl)ccc2Cl)c1. The van der Waals surface area contributed by atoms with Crippen LogP contribution in [0.5, 0.6) is 0 Å². The van der Waals surface area contributed by atoms with Gasteiger partial charge in [-0.15, -0.1) is 0 Å². The first-order valence-corrected chi connectivity index (χ1v) is 8.12. The molecule has 0 heterocycles. The number of alkyl halides is 4. The lowest BCUT2D eigenvalue weighted by Gasteiger charge is -2.17. The fourth-order valence-electron chi connectivity index (χ4n) is 1.79. The molecule has 0 amide bonds. The molecule has 0 fully saturated rings. The van der Waals surface area contributed by atoms with Crippen LogP contribution in [0.3, 0.4) is 0 Å². The maximum atomic E-state index is 12.8. The van der Waals surface area contributed by atoms with Crippen molar-refractivity contribution < 1.29 is 13.2 Å². The molecule has 2 aromatic carbocycles. The van der Waals surface area contributed by atoms with Crippen LogP contribution in [0, 0.1) is 0 Å². The molecule has 0 N–H and O–H groups in total. The van der Waals surface area contributed by atoms with Gasteiger partial charge < -0.3 is 0 Å². The minimum absolute atomic E-state index is 0.422. The minimum Gasteiger partial charge on any atom is -0.166 e. The number of hydrogen-bond acceptors (Lipinski definition) is 0. The van der Waals surface area contributed by atoms with Crippen molar-refractivity contribution in [3.63, 3.8) is 0 Å². The Labute approximate surface area is 146 Å². The lowest BCUT2D eigenvalue weighted by Crippen LogP contribution is -2.06. The van der Waals surface area contributed by atoms with E-state index in [1.807, 2.05) is 0 Å². The highest BCUT2D eigenvalue weighted by molar-refractivity contribution is 9.11. The number of halogens is 7. The molecule has 0 bridgehead atoms. The minimum atomic E-state index is -4.40. The summed E-state index contributed by atoms with van der Waals surface area (Å²) in [7, 11) is 0. The van der Waals surface area contributed by atoms with Crippen LogP contribution < -0.4 is 0 Å². The van der Waals surface area contributed by atoms with Crippen LogP contribution in [0.15, 0.2) is 40.9 Å². The second-order valence-corrected chi connectivity index (χ2v) is 6.88. The van der Waals surface area contributed by atoms with Gasteiger partial charge >= 0.3 is 6.18 Å². The summed E-state index contributed by atoms with van der Waals surface area (Å²) in [5.41, 5.74) is 0.307. The van der Waals surface area contributed by atoms with Gasteiger partial charge in [0.05, 0.1) is 10.4 Å². The van der Waals surface area contributed by atoms with Gasteiger partial charge in [0.15, 0.2) is 0 Å². The van der Waals surface area contributed by atoms with Gasteiger partial charge in [0.2, 0.25) is 0 Å². The molecule has 0 nitrogen and oxygen atoms in total. The van der Waals surface area contributed by atoms with Crippen molar-refractivity contribution in [1.29, 1.82) is 0 Å². The molecule has 0 aliphatic carbocycles. The van der Waals surface area contributed by atoms with Crippen LogP contribution in [0.4, 0.5) is 13.2 Å². The van der Waals surface area contributed by atoms with Gasteiger partial charge in [0, 0.05) is 14.5 Å². The lowest BCUT2D eigenvalue weighted by molar-refractivity contribution is -0.137. The molecule has 1 atom stereocenters. The van der Waals surface area contributed by atoms with Gasteiger partial charge in [-0.3, -0.25) is 0 Å². The number of benzene rings is 2. The Morgan fingerprint density at radius 3 is 2.24 bits per heavy atom. The van der Waals surface area contributed by atoms with Crippen molar-refractivity contribution in [2.75, 3.05) is 0 Å². The third-order valence-electron chi connectivity index (χ3n) is 2.83. The Morgan fingerprint density at radius 1 is 0.952 bits per heavy atom. The Hall–Kier alpha value is -0.230. The van der Waals surface area contributed by atoms with E-state index < -0.39 is 16.6 Å². The van der Waals surface area contributed by atoms with E-state index in [2.05, 4.69) is 31.9 Å². The second-order valence-electron chi connectivity index (χ2n) is 4.26. The molecular formula is C14H7Br2Cl2F3. The van der Waals surface area contributed by atoms with Gasteiger partial charge in [-0.2, -0.15) is 13.2 Å². The van der Waals surface area contributed by atoms with Gasteiger partial charge in [0.25, 0.3) is 0 Å². The van der Waals surface area contributed by atoms with E-state index >= 15 is 0 Å². The Balaban J connectivity index is 2.52. The van der Waals surface area contributed by atoms with E-state index in [-0.39, 0.29) is 0 Å². The first-order valence-electron chi connectivity index (χ1n) is 5.66. The molecule has 2 aromatic rings. The fraction of sp³-hybridized carbons (Fsp3) is 0.143. The summed E-state index contributed by atoms with van der Waals surface area (Å²) in [5.74, 6) is 0. The van der Waals surface area contributed by atoms with E-state index in [1.165, 1.54) is 6.07 Å². The molecule has 7 heteroatoms. The average molecular weight is 463 g/mol. The van der Waals surface area contributed by atoms with E-state index in [1.54, 1.807) is 18.2 Å². The third-order valence-corrected chi connectivity index (χ3v) is 5.12. The van der Waals surface area contributed by atoms with Gasteiger partial charge in [-0.1, -0.05) is 55.1 Å². The molecule has 0 radical (unpaired) electrons. The summed E-state index contributed by atoms with van der Waals surface area (Å²) >= 11 is 18.7. The zero-order chi connectivity index (χ0) is 15.8. The van der Waals surface area contributed by atoms with Crippen molar-refractivity contribution in [1.82, 2.24) is 0 Å². The summed E-state index contributed by atoms with van der Waals surface area (Å²) in [6.07, 6.45) is -4.40. The highest BCUT2D eigenvalue weighted by atomic mass is 79.9. The Morgan fingerprint density at radius 2 is 1.62 bits per heavy atom. The third kappa shape index (κ3) is 3.95. The normalized spacial score (nSPS) is 13.3. The van der Waals surface area contributed by atoms with Crippen LogP contribution in [0.1, 0.15) is 21.5 Å². The van der Waals surface area contributed by atoms with Crippen LogP contribution in [0.2, 0.25) is 10.0 Å². The molecule has 1 unspecified atom stereocenters. The molecular weight excluding hydrogens is 456 g/mol. The van der Waals surface area contributed by atoms with Crippen molar-refractivity contribution in [2.45, 2.75) is 11.0 Å². The van der Waals surface area contributed by atoms with Crippen LogP contribution >= 0.6 is 55.1 Å². The predicted molar refractivity (Wildman–Crippen MR) is 86.4 cm³/mol. The zero-order valence-corrected chi connectivity index (χ0v) is 14.9. The summed E-state index contributed by atoms with van der Waals surface area (Å²) in [4.78, 5) is -0.514. The second kappa shape index (κ2) is 6.49. The smallest absolute Gasteiger partial charge is 0.166 e. The largest absolute Gasteiger partial charge is 0.416 e. The predicted octanol–water partition coefficient (Wildman–Crippen LogP) is 7.26. The van der Waals surface area contributed by atoms with Crippen molar-refractivity contribution in [3.05, 3.63) is 67.6 Å². The quantitative estimate of drug-likeness (QED) is 0.412. The summed E-state index contributed by atoms with van der Waals surface area (Å²) in [6, 6.07) is 8.32. The monoisotopic (exact) mass is 460 g/mol. The standard InChI is InChI=1S/C14H7Br2Cl2F3/c15-11-3-1-7(14(19,20)21)5-9(11)13(16)10-6-8(17)2-4-12(10)18/h1-6,13H. The average Bonchev–Trinajstić information content (AvgIpc) is 2.40. The van der Waals surface area contributed by atoms with E-state index in [0.717, 1.165) is 12.1 Å². The van der Waals surface area contributed by atoms with Gasteiger partial charge in [-0.05, 0) is 47.5 Å². The first-order chi connectivity index (χ1) is 9.70. The molecule has 0 saturated carbocycles. The summed E-state index contributed by atoms with van der Waals surface area (Å²) in [6.45, 7) is 0. The molecule has 21 heavy (non-hydrogen) atoms. The highest BCUT2D eigenvalue weighted by Gasteiger charge is 2.31. The number of hydrogen-bond donors (Lipinski definition) is 0. The molecule has 0 saturated heterocycles. The Bertz CT molecular complexity index is 672. The molecule has 0 aliphatic heterocycles. The Kier molecular flexibility index (Phi) is 5.29. The molecule has 0 aliphatic rings. The fourth-order valence-corrected chi connectivity index (χ4v) is 3.87. The van der Waals surface area contributed by atoms with Gasteiger partial charge in [-0.25, -0.2) is 0 Å². The summed E-state index contributed by atoms with van der Waals surface area (Å²) < 4.78 is 39.0. The van der Waals surface area contributed by atoms with Crippen molar-refractivity contribution >= 4 is 55.1 Å². The maximum Gasteiger partial charge on any atom is 0.416 e. The molecule has 2 rings (SSSR count). The van der Waals surface area contributed by atoms with Crippen LogP contribution in [0.25, 0.3) is 0 Å². The van der Waals surface area contributed by atoms with Crippen molar-refractivity contribution in [3.8, 4) is 0 Å². The topological polar surface area (TPSA) is 0 Å². The van der Waals surface area contributed by atoms with Crippen LogP contribution in [-0.2, 0) is 6.18 Å². The van der Waals surface area contributed by atoms with E-state index in [4.69, 9.17) is 23.2 Å². The lowest BCUT2D eigenvalue weighted by atomic mass is 10.0. The number of rotatable bonds is 2. The highest BCUT2D eigenvalue weighted by Crippen LogP contribution is 2.41. The first kappa shape index (κ1) is 17.1. The molecule has 0 aromatic heterocycles. The van der Waals surface area contributed by atoms with E-state index in [9.17, 15) is 13.2 Å². The zero-order valence-electron chi connectivity index (χ0n) is 10.2. The molecule has 0 spiro atoms. The van der Waals surface area contributed by atoms with Crippen molar-refractivity contribution in [2.24, 2.45) is 0 Å². The van der Waals surface area contributed by atoms with Gasteiger partial charge in [0.1, 0.15) is 0 Å². The maximum absolute atomic E-state index is 12.8. The van der Waals surface area contributed by atoms with Crippen LogP contribution in [-0.4, -0.2) is 0 Å². The van der Waals surface area contributed by atoms with E-state index in [0.29, 0.717) is 25.6 Å².